The number of ether oxygens (including phenoxy) is 1. The van der Waals surface area contributed by atoms with Crippen LogP contribution in [0, 0.1) is 0 Å². The van der Waals surface area contributed by atoms with Crippen molar-refractivity contribution in [1.82, 2.24) is 4.57 Å². The topological polar surface area (TPSA) is 31.2 Å². The molecule has 0 bridgehead atoms. The molecule has 1 heterocycles. The summed E-state index contributed by atoms with van der Waals surface area (Å²) in [7, 11) is 3.31. The number of para-hydroxylation sites is 1. The molecule has 0 fully saturated rings. The highest BCUT2D eigenvalue weighted by molar-refractivity contribution is 5.97. The first-order chi connectivity index (χ1) is 9.74. The third-order valence-electron chi connectivity index (χ3n) is 3.53. The van der Waals surface area contributed by atoms with Gasteiger partial charge in [0.05, 0.1) is 12.6 Å². The van der Waals surface area contributed by atoms with Gasteiger partial charge in [-0.15, -0.1) is 0 Å². The first-order valence-electron chi connectivity index (χ1n) is 6.45. The predicted molar refractivity (Wildman–Crippen MR) is 81.2 cm³/mol. The largest absolute Gasteiger partial charge is 0.491 e. The molecule has 0 amide bonds. The Hall–Kier alpha value is -2.55. The average molecular weight is 265 g/mol. The third-order valence-corrected chi connectivity index (χ3v) is 3.53. The van der Waals surface area contributed by atoms with Crippen molar-refractivity contribution in [3.05, 3.63) is 65.0 Å². The Bertz CT molecular complexity index is 820. The van der Waals surface area contributed by atoms with Gasteiger partial charge in [0.15, 0.2) is 5.75 Å². The molecule has 0 saturated carbocycles. The maximum Gasteiger partial charge on any atom is 0.293 e. The van der Waals surface area contributed by atoms with Crippen LogP contribution in [0.3, 0.4) is 0 Å². The van der Waals surface area contributed by atoms with Crippen LogP contribution in [-0.2, 0) is 7.05 Å². The van der Waals surface area contributed by atoms with Crippen molar-refractivity contribution >= 4 is 10.9 Å². The Morgan fingerprint density at radius 2 is 1.60 bits per heavy atom. The van der Waals surface area contributed by atoms with E-state index in [1.54, 1.807) is 11.6 Å². The van der Waals surface area contributed by atoms with Crippen molar-refractivity contribution in [3.63, 3.8) is 0 Å². The summed E-state index contributed by atoms with van der Waals surface area (Å²) in [6.45, 7) is 0. The first-order valence-corrected chi connectivity index (χ1v) is 6.45. The lowest BCUT2D eigenvalue weighted by Gasteiger charge is -2.14. The lowest BCUT2D eigenvalue weighted by Crippen LogP contribution is -2.19. The van der Waals surface area contributed by atoms with Crippen LogP contribution < -0.4 is 10.3 Å². The van der Waals surface area contributed by atoms with E-state index in [1.807, 2.05) is 54.6 Å². The first kappa shape index (κ1) is 12.5. The van der Waals surface area contributed by atoms with Gasteiger partial charge in [-0.3, -0.25) is 4.79 Å². The second-order valence-electron chi connectivity index (χ2n) is 4.66. The van der Waals surface area contributed by atoms with E-state index >= 15 is 0 Å². The van der Waals surface area contributed by atoms with E-state index in [0.29, 0.717) is 5.75 Å². The number of pyridine rings is 1. The summed E-state index contributed by atoms with van der Waals surface area (Å²) in [5.74, 6) is 0.386. The Morgan fingerprint density at radius 1 is 0.950 bits per heavy atom. The van der Waals surface area contributed by atoms with Crippen molar-refractivity contribution in [3.8, 4) is 16.9 Å². The molecule has 0 radical (unpaired) electrons. The van der Waals surface area contributed by atoms with Crippen molar-refractivity contribution in [1.29, 1.82) is 0 Å². The highest BCUT2D eigenvalue weighted by Gasteiger charge is 2.16. The normalized spacial score (nSPS) is 10.7. The zero-order valence-electron chi connectivity index (χ0n) is 11.5. The van der Waals surface area contributed by atoms with E-state index in [2.05, 4.69) is 0 Å². The molecular weight excluding hydrogens is 250 g/mol. The average Bonchev–Trinajstić information content (AvgIpc) is 2.51. The number of aromatic nitrogens is 1. The SMILES string of the molecule is COc1c(-c2ccccc2)c2ccccc2n(C)c1=O. The molecule has 20 heavy (non-hydrogen) atoms. The van der Waals surface area contributed by atoms with Crippen molar-refractivity contribution in [2.24, 2.45) is 7.05 Å². The maximum atomic E-state index is 12.4. The second kappa shape index (κ2) is 4.85. The number of hydrogen-bond donors (Lipinski definition) is 0. The van der Waals surface area contributed by atoms with E-state index < -0.39 is 0 Å². The molecule has 0 atom stereocenters. The molecule has 3 rings (SSSR count). The summed E-state index contributed by atoms with van der Waals surface area (Å²) in [4.78, 5) is 12.4. The predicted octanol–water partition coefficient (Wildman–Crippen LogP) is 3.21. The van der Waals surface area contributed by atoms with Crippen LogP contribution in [0.4, 0.5) is 0 Å². The number of methoxy groups -OCH3 is 1. The van der Waals surface area contributed by atoms with Gasteiger partial charge in [0.2, 0.25) is 0 Å². The fraction of sp³-hybridized carbons (Fsp3) is 0.118. The van der Waals surface area contributed by atoms with Crippen LogP contribution in [-0.4, -0.2) is 11.7 Å². The summed E-state index contributed by atoms with van der Waals surface area (Å²) in [5.41, 5.74) is 2.62. The molecule has 0 aliphatic heterocycles. The minimum atomic E-state index is -0.120. The maximum absolute atomic E-state index is 12.4. The molecule has 0 unspecified atom stereocenters. The van der Waals surface area contributed by atoms with Crippen LogP contribution in [0.15, 0.2) is 59.4 Å². The lowest BCUT2D eigenvalue weighted by molar-refractivity contribution is 0.408. The highest BCUT2D eigenvalue weighted by atomic mass is 16.5. The standard InChI is InChI=1S/C17H15NO2/c1-18-14-11-7-6-10-13(14)15(16(20-2)17(18)19)12-8-4-3-5-9-12/h3-11H,1-2H3. The van der Waals surface area contributed by atoms with Crippen LogP contribution in [0.25, 0.3) is 22.0 Å². The number of hydrogen-bond acceptors (Lipinski definition) is 2. The zero-order chi connectivity index (χ0) is 14.1. The monoisotopic (exact) mass is 265 g/mol. The molecule has 100 valence electrons. The molecule has 0 spiro atoms. The fourth-order valence-electron chi connectivity index (χ4n) is 2.55. The Kier molecular flexibility index (Phi) is 3.03. The molecule has 0 N–H and O–H groups in total. The van der Waals surface area contributed by atoms with E-state index in [-0.39, 0.29) is 5.56 Å². The van der Waals surface area contributed by atoms with Gasteiger partial charge < -0.3 is 9.30 Å². The summed E-state index contributed by atoms with van der Waals surface area (Å²) in [6, 6.07) is 17.7. The van der Waals surface area contributed by atoms with Gasteiger partial charge in [0.25, 0.3) is 5.56 Å². The van der Waals surface area contributed by atoms with Crippen LogP contribution in [0.2, 0.25) is 0 Å². The highest BCUT2D eigenvalue weighted by Crippen LogP contribution is 2.33. The Morgan fingerprint density at radius 3 is 2.30 bits per heavy atom. The minimum Gasteiger partial charge on any atom is -0.491 e. The molecule has 0 saturated heterocycles. The Labute approximate surface area is 117 Å². The Balaban J connectivity index is 2.52. The number of benzene rings is 2. The van der Waals surface area contributed by atoms with Crippen molar-refractivity contribution in [2.75, 3.05) is 7.11 Å². The van der Waals surface area contributed by atoms with E-state index in [1.165, 1.54) is 7.11 Å². The third kappa shape index (κ3) is 1.79. The van der Waals surface area contributed by atoms with Crippen LogP contribution in [0.1, 0.15) is 0 Å². The van der Waals surface area contributed by atoms with Gasteiger partial charge in [0.1, 0.15) is 0 Å². The molecule has 0 aliphatic rings. The van der Waals surface area contributed by atoms with Crippen LogP contribution >= 0.6 is 0 Å². The van der Waals surface area contributed by atoms with Gasteiger partial charge in [-0.25, -0.2) is 0 Å². The van der Waals surface area contributed by atoms with Gasteiger partial charge in [0, 0.05) is 18.0 Å². The smallest absolute Gasteiger partial charge is 0.293 e. The van der Waals surface area contributed by atoms with Gasteiger partial charge >= 0.3 is 0 Å². The van der Waals surface area contributed by atoms with Crippen molar-refractivity contribution < 1.29 is 4.74 Å². The molecule has 2 aromatic carbocycles. The quantitative estimate of drug-likeness (QED) is 0.712. The fourth-order valence-corrected chi connectivity index (χ4v) is 2.55. The second-order valence-corrected chi connectivity index (χ2v) is 4.66. The summed E-state index contributed by atoms with van der Waals surface area (Å²) in [5, 5.41) is 1.01. The lowest BCUT2D eigenvalue weighted by atomic mass is 10.00. The molecule has 3 aromatic rings. The van der Waals surface area contributed by atoms with Gasteiger partial charge in [-0.1, -0.05) is 48.5 Å². The molecule has 1 aromatic heterocycles. The number of rotatable bonds is 2. The number of nitrogens with zero attached hydrogens (tertiary/aromatic N) is 1. The van der Waals surface area contributed by atoms with E-state index in [9.17, 15) is 4.79 Å². The number of fused-ring (bicyclic) bond motifs is 1. The minimum absolute atomic E-state index is 0.120. The van der Waals surface area contributed by atoms with Crippen molar-refractivity contribution in [2.45, 2.75) is 0 Å². The van der Waals surface area contributed by atoms with Gasteiger partial charge in [-0.2, -0.15) is 0 Å². The summed E-state index contributed by atoms with van der Waals surface area (Å²) in [6.07, 6.45) is 0. The molecule has 3 nitrogen and oxygen atoms in total. The zero-order valence-corrected chi connectivity index (χ0v) is 11.5. The molecule has 0 aliphatic carbocycles. The summed E-state index contributed by atoms with van der Waals surface area (Å²) >= 11 is 0. The van der Waals surface area contributed by atoms with E-state index in [0.717, 1.165) is 22.0 Å². The van der Waals surface area contributed by atoms with Crippen LogP contribution in [0.5, 0.6) is 5.75 Å². The number of aryl methyl sites for hydroxylation is 1. The van der Waals surface area contributed by atoms with Gasteiger partial charge in [-0.05, 0) is 11.6 Å². The van der Waals surface area contributed by atoms with E-state index in [4.69, 9.17) is 4.74 Å². The summed E-state index contributed by atoms with van der Waals surface area (Å²) < 4.78 is 7.01. The molecular formula is C17H15NO2. The molecule has 3 heteroatoms.